The molecule has 0 spiro atoms. The van der Waals surface area contributed by atoms with Crippen LogP contribution in [-0.4, -0.2) is 43.8 Å². The minimum Gasteiger partial charge on any atom is -0.352 e. The molecule has 2 atom stereocenters. The van der Waals surface area contributed by atoms with E-state index < -0.39 is 28.5 Å². The van der Waals surface area contributed by atoms with Crippen LogP contribution in [-0.2, 0) is 26.2 Å². The zero-order valence-corrected chi connectivity index (χ0v) is 26.6. The van der Waals surface area contributed by atoms with Crippen molar-refractivity contribution in [1.82, 2.24) is 10.2 Å². The van der Waals surface area contributed by atoms with E-state index in [1.54, 1.807) is 19.1 Å². The number of rotatable bonds is 11. The fraction of sp³-hybridized carbons (Fsp3) is 0.310. The molecule has 0 aromatic heterocycles. The SMILES string of the molecule is CCC(C)NC(=O)C(C)N(Cc1cccc(Br)c1)C(=O)CN(c1ccc(Cl)c(Cl)c1)S(=O)(=O)c1ccc(C)cc1. The van der Waals surface area contributed by atoms with Crippen LogP contribution in [0.3, 0.4) is 0 Å². The van der Waals surface area contributed by atoms with Crippen molar-refractivity contribution < 1.29 is 18.0 Å². The molecular formula is C29H32BrCl2N3O4S. The number of anilines is 1. The van der Waals surface area contributed by atoms with E-state index in [0.717, 1.165) is 26.3 Å². The number of sulfonamides is 1. The van der Waals surface area contributed by atoms with Crippen molar-refractivity contribution in [2.75, 3.05) is 10.8 Å². The van der Waals surface area contributed by atoms with E-state index in [1.165, 1.54) is 35.2 Å². The van der Waals surface area contributed by atoms with Crippen LogP contribution in [0.5, 0.6) is 0 Å². The highest BCUT2D eigenvalue weighted by atomic mass is 79.9. The molecule has 214 valence electrons. The van der Waals surface area contributed by atoms with E-state index in [1.807, 2.05) is 45.0 Å². The van der Waals surface area contributed by atoms with E-state index in [-0.39, 0.29) is 39.1 Å². The Morgan fingerprint density at radius 1 is 0.975 bits per heavy atom. The van der Waals surface area contributed by atoms with Crippen molar-refractivity contribution >= 4 is 66.7 Å². The lowest BCUT2D eigenvalue weighted by molar-refractivity contribution is -0.139. The van der Waals surface area contributed by atoms with Crippen molar-refractivity contribution in [3.05, 3.63) is 92.4 Å². The van der Waals surface area contributed by atoms with Crippen LogP contribution in [0.15, 0.2) is 76.1 Å². The summed E-state index contributed by atoms with van der Waals surface area (Å²) in [5.74, 6) is -0.895. The Bertz CT molecular complexity index is 1470. The van der Waals surface area contributed by atoms with Crippen LogP contribution < -0.4 is 9.62 Å². The first-order valence-electron chi connectivity index (χ1n) is 12.7. The van der Waals surface area contributed by atoms with Gasteiger partial charge >= 0.3 is 0 Å². The topological polar surface area (TPSA) is 86.8 Å². The third kappa shape index (κ3) is 8.00. The van der Waals surface area contributed by atoms with Crippen LogP contribution in [0.4, 0.5) is 5.69 Å². The normalized spacial score (nSPS) is 12.9. The summed E-state index contributed by atoms with van der Waals surface area (Å²) in [6, 6.07) is 17.1. The number of hydrogen-bond acceptors (Lipinski definition) is 4. The second-order valence-corrected chi connectivity index (χ2v) is 13.2. The number of amides is 2. The molecule has 3 rings (SSSR count). The molecule has 11 heteroatoms. The maximum absolute atomic E-state index is 14.0. The first-order chi connectivity index (χ1) is 18.8. The molecule has 0 heterocycles. The van der Waals surface area contributed by atoms with Crippen molar-refractivity contribution in [2.24, 2.45) is 0 Å². The lowest BCUT2D eigenvalue weighted by Crippen LogP contribution is -2.52. The molecule has 0 saturated heterocycles. The van der Waals surface area contributed by atoms with Gasteiger partial charge in [-0.3, -0.25) is 13.9 Å². The molecule has 40 heavy (non-hydrogen) atoms. The Morgan fingerprint density at radius 2 is 1.65 bits per heavy atom. The number of halogens is 3. The van der Waals surface area contributed by atoms with Gasteiger partial charge in [0.2, 0.25) is 11.8 Å². The number of aryl methyl sites for hydroxylation is 1. The van der Waals surface area contributed by atoms with Crippen LogP contribution >= 0.6 is 39.1 Å². The van der Waals surface area contributed by atoms with Gasteiger partial charge in [-0.1, -0.05) is 75.9 Å². The maximum atomic E-state index is 14.0. The van der Waals surface area contributed by atoms with Gasteiger partial charge in [0.25, 0.3) is 10.0 Å². The molecule has 7 nitrogen and oxygen atoms in total. The van der Waals surface area contributed by atoms with Crippen molar-refractivity contribution in [3.8, 4) is 0 Å². The van der Waals surface area contributed by atoms with Crippen molar-refractivity contribution in [1.29, 1.82) is 0 Å². The van der Waals surface area contributed by atoms with E-state index in [4.69, 9.17) is 23.2 Å². The standard InChI is InChI=1S/C29H32BrCl2N3O4S/c1-5-20(3)33-29(37)21(4)34(17-22-7-6-8-23(30)15-22)28(36)18-35(24-11-14-26(31)27(32)16-24)40(38,39)25-12-9-19(2)10-13-25/h6-16,20-21H,5,17-18H2,1-4H3,(H,33,37). The minimum atomic E-state index is -4.20. The highest BCUT2D eigenvalue weighted by Crippen LogP contribution is 2.31. The minimum absolute atomic E-state index is 0.0121. The molecule has 2 unspecified atom stereocenters. The van der Waals surface area contributed by atoms with Gasteiger partial charge in [0.15, 0.2) is 0 Å². The summed E-state index contributed by atoms with van der Waals surface area (Å²) in [6.45, 7) is 6.83. The molecule has 3 aromatic carbocycles. The lowest BCUT2D eigenvalue weighted by Gasteiger charge is -2.32. The fourth-order valence-corrected chi connectivity index (χ4v) is 6.03. The summed E-state index contributed by atoms with van der Waals surface area (Å²) in [5, 5.41) is 3.30. The van der Waals surface area contributed by atoms with E-state index in [2.05, 4.69) is 21.2 Å². The van der Waals surface area contributed by atoms with Gasteiger partial charge in [0, 0.05) is 17.1 Å². The Hall–Kier alpha value is -2.59. The second-order valence-electron chi connectivity index (χ2n) is 9.57. The average Bonchev–Trinajstić information content (AvgIpc) is 2.91. The Balaban J connectivity index is 2.05. The first-order valence-corrected chi connectivity index (χ1v) is 15.7. The number of carbonyl (C=O) groups is 2. The number of nitrogens with one attached hydrogen (secondary N) is 1. The zero-order chi connectivity index (χ0) is 29.6. The van der Waals surface area contributed by atoms with E-state index in [9.17, 15) is 18.0 Å². The average molecular weight is 669 g/mol. The Morgan fingerprint density at radius 3 is 2.25 bits per heavy atom. The number of carbonyl (C=O) groups excluding carboxylic acids is 2. The van der Waals surface area contributed by atoms with Crippen LogP contribution in [0.2, 0.25) is 10.0 Å². The van der Waals surface area contributed by atoms with Gasteiger partial charge in [0.05, 0.1) is 20.6 Å². The summed E-state index contributed by atoms with van der Waals surface area (Å²) in [5.41, 5.74) is 1.83. The van der Waals surface area contributed by atoms with Crippen LogP contribution in [0.25, 0.3) is 0 Å². The third-order valence-electron chi connectivity index (χ3n) is 6.49. The largest absolute Gasteiger partial charge is 0.352 e. The van der Waals surface area contributed by atoms with E-state index in [0.29, 0.717) is 0 Å². The van der Waals surface area contributed by atoms with Gasteiger partial charge in [-0.05, 0) is 75.2 Å². The van der Waals surface area contributed by atoms with E-state index >= 15 is 0 Å². The summed E-state index contributed by atoms with van der Waals surface area (Å²) in [4.78, 5) is 28.5. The number of nitrogens with zero attached hydrogens (tertiary/aromatic N) is 2. The summed E-state index contributed by atoms with van der Waals surface area (Å²) < 4.78 is 29.6. The molecule has 0 aliphatic carbocycles. The smallest absolute Gasteiger partial charge is 0.264 e. The Labute approximate surface area is 254 Å². The van der Waals surface area contributed by atoms with Crippen LogP contribution in [0, 0.1) is 6.92 Å². The molecule has 0 radical (unpaired) electrons. The van der Waals surface area contributed by atoms with Crippen molar-refractivity contribution in [3.63, 3.8) is 0 Å². The molecule has 2 amide bonds. The highest BCUT2D eigenvalue weighted by molar-refractivity contribution is 9.10. The second kappa shape index (κ2) is 13.9. The van der Waals surface area contributed by atoms with Crippen LogP contribution in [0.1, 0.15) is 38.3 Å². The molecule has 0 aliphatic rings. The zero-order valence-electron chi connectivity index (χ0n) is 22.7. The van der Waals surface area contributed by atoms with Gasteiger partial charge in [0.1, 0.15) is 12.6 Å². The third-order valence-corrected chi connectivity index (χ3v) is 9.51. The summed E-state index contributed by atoms with van der Waals surface area (Å²) in [7, 11) is -4.20. The molecular weight excluding hydrogens is 637 g/mol. The van der Waals surface area contributed by atoms with Gasteiger partial charge < -0.3 is 10.2 Å². The molecule has 1 N–H and O–H groups in total. The number of hydrogen-bond donors (Lipinski definition) is 1. The molecule has 0 aliphatic heterocycles. The van der Waals surface area contributed by atoms with Crippen molar-refractivity contribution in [2.45, 2.75) is 57.6 Å². The summed E-state index contributed by atoms with van der Waals surface area (Å²) in [6.07, 6.45) is 0.720. The molecule has 3 aromatic rings. The predicted molar refractivity (Wildman–Crippen MR) is 164 cm³/mol. The maximum Gasteiger partial charge on any atom is 0.264 e. The quantitative estimate of drug-likeness (QED) is 0.250. The number of benzene rings is 3. The first kappa shape index (κ1) is 31.9. The summed E-state index contributed by atoms with van der Waals surface area (Å²) >= 11 is 15.8. The lowest BCUT2D eigenvalue weighted by atomic mass is 10.1. The predicted octanol–water partition coefficient (Wildman–Crippen LogP) is 6.59. The van der Waals surface area contributed by atoms with Gasteiger partial charge in [-0.2, -0.15) is 0 Å². The molecule has 0 bridgehead atoms. The monoisotopic (exact) mass is 667 g/mol. The van der Waals surface area contributed by atoms with Gasteiger partial charge in [-0.15, -0.1) is 0 Å². The highest BCUT2D eigenvalue weighted by Gasteiger charge is 2.33. The van der Waals surface area contributed by atoms with Gasteiger partial charge in [-0.25, -0.2) is 8.42 Å². The molecule has 0 fully saturated rings. The Kier molecular flexibility index (Phi) is 11.1. The molecule has 0 saturated carbocycles. The fourth-order valence-electron chi connectivity index (χ4n) is 3.89.